The Morgan fingerprint density at radius 3 is 1.95 bits per heavy atom. The molecule has 5 N–H and O–H groups in total. The Hall–Kier alpha value is -2.38. The van der Waals surface area contributed by atoms with Crippen molar-refractivity contribution in [3.05, 3.63) is 42.0 Å². The summed E-state index contributed by atoms with van der Waals surface area (Å²) in [4.78, 5) is 23.8. The van der Waals surface area contributed by atoms with Crippen LogP contribution < -0.4 is 21.1 Å². The number of amides is 2. The van der Waals surface area contributed by atoms with Gasteiger partial charge >= 0.3 is 0 Å². The van der Waals surface area contributed by atoms with Gasteiger partial charge in [0.15, 0.2) is 0 Å². The van der Waals surface area contributed by atoms with Gasteiger partial charge in [-0.2, -0.15) is 0 Å². The molecule has 0 saturated heterocycles. The average molecular weight is 602 g/mol. The lowest BCUT2D eigenvalue weighted by atomic mass is 10.0. The topological polar surface area (TPSA) is 114 Å². The van der Waals surface area contributed by atoms with Crippen molar-refractivity contribution in [3.63, 3.8) is 0 Å². The molecule has 0 aliphatic carbocycles. The van der Waals surface area contributed by atoms with Crippen molar-refractivity contribution in [2.75, 3.05) is 19.6 Å². The molecule has 1 rings (SSSR count). The first-order chi connectivity index (χ1) is 21.0. The van der Waals surface area contributed by atoms with E-state index in [1.165, 1.54) is 24.8 Å². The van der Waals surface area contributed by atoms with Crippen LogP contribution in [0.25, 0.3) is 0 Å². The Kier molecular flexibility index (Phi) is 24.4. The second kappa shape index (κ2) is 27.2. The number of rotatable bonds is 28. The van der Waals surface area contributed by atoms with Crippen LogP contribution in [0.15, 0.2) is 36.4 Å². The van der Waals surface area contributed by atoms with Gasteiger partial charge < -0.3 is 26.2 Å². The molecule has 7 heteroatoms. The van der Waals surface area contributed by atoms with Gasteiger partial charge in [0.2, 0.25) is 11.8 Å². The first-order valence-corrected chi connectivity index (χ1v) is 17.3. The zero-order valence-corrected chi connectivity index (χ0v) is 27.4. The molecule has 43 heavy (non-hydrogen) atoms. The summed E-state index contributed by atoms with van der Waals surface area (Å²) >= 11 is 0. The molecular weight excluding hydrogens is 538 g/mol. The van der Waals surface area contributed by atoms with Crippen molar-refractivity contribution in [1.82, 2.24) is 10.6 Å². The van der Waals surface area contributed by atoms with E-state index in [0.717, 1.165) is 89.2 Å². The standard InChI is InChI=1S/C36H63N3O4/c1-3-5-7-12-17-21-35(41)38-29-30-39-36(42)22-18-14-11-9-8-10-13-16-19-33(40)34(20-15-6-4-2)43-32-25-23-31(24-26-32)27-28-37/h13,16,23-26,33-34,40H,3-12,14-15,17-22,27-30,37H2,1-2H3,(H,38,41)(H,39,42). The highest BCUT2D eigenvalue weighted by molar-refractivity contribution is 5.77. The monoisotopic (exact) mass is 601 g/mol. The number of nitrogens with two attached hydrogens (primary N) is 1. The van der Waals surface area contributed by atoms with Crippen LogP contribution in [-0.2, 0) is 16.0 Å². The van der Waals surface area contributed by atoms with Crippen LogP contribution in [0, 0.1) is 0 Å². The minimum absolute atomic E-state index is 0.0656. The number of nitrogens with one attached hydrogen (secondary N) is 2. The van der Waals surface area contributed by atoms with Gasteiger partial charge in [0.1, 0.15) is 11.9 Å². The van der Waals surface area contributed by atoms with Crippen LogP contribution in [0.1, 0.15) is 135 Å². The molecule has 0 radical (unpaired) electrons. The highest BCUT2D eigenvalue weighted by Crippen LogP contribution is 2.20. The van der Waals surface area contributed by atoms with E-state index in [4.69, 9.17) is 10.5 Å². The van der Waals surface area contributed by atoms with Crippen LogP contribution in [-0.4, -0.2) is 48.8 Å². The molecule has 1 aromatic carbocycles. The second-order valence-corrected chi connectivity index (χ2v) is 11.8. The fraction of sp³-hybridized carbons (Fsp3) is 0.722. The summed E-state index contributed by atoms with van der Waals surface area (Å²) < 4.78 is 6.21. The number of carbonyl (C=O) groups is 2. The zero-order chi connectivity index (χ0) is 31.4. The van der Waals surface area contributed by atoms with Crippen molar-refractivity contribution in [3.8, 4) is 5.75 Å². The van der Waals surface area contributed by atoms with Crippen LogP contribution in [0.2, 0.25) is 0 Å². The molecule has 2 unspecified atom stereocenters. The highest BCUT2D eigenvalue weighted by atomic mass is 16.5. The first-order valence-electron chi connectivity index (χ1n) is 17.3. The number of carbonyl (C=O) groups excluding carboxylic acids is 2. The van der Waals surface area contributed by atoms with Gasteiger partial charge in [-0.05, 0) is 75.6 Å². The van der Waals surface area contributed by atoms with Crippen molar-refractivity contribution in [1.29, 1.82) is 0 Å². The van der Waals surface area contributed by atoms with E-state index in [-0.39, 0.29) is 17.9 Å². The molecule has 0 saturated carbocycles. The summed E-state index contributed by atoms with van der Waals surface area (Å²) in [7, 11) is 0. The predicted molar refractivity (Wildman–Crippen MR) is 179 cm³/mol. The number of allylic oxidation sites excluding steroid dienone is 1. The summed E-state index contributed by atoms with van der Waals surface area (Å²) in [5, 5.41) is 16.6. The third-order valence-electron chi connectivity index (χ3n) is 7.76. The van der Waals surface area contributed by atoms with Gasteiger partial charge in [0.25, 0.3) is 0 Å². The highest BCUT2D eigenvalue weighted by Gasteiger charge is 2.20. The van der Waals surface area contributed by atoms with E-state index < -0.39 is 6.10 Å². The van der Waals surface area contributed by atoms with Gasteiger partial charge in [-0.1, -0.05) is 95.9 Å². The average Bonchev–Trinajstić information content (AvgIpc) is 3.00. The molecule has 2 atom stereocenters. The molecule has 0 bridgehead atoms. The van der Waals surface area contributed by atoms with Crippen molar-refractivity contribution in [2.45, 2.75) is 148 Å². The van der Waals surface area contributed by atoms with E-state index in [1.807, 2.05) is 24.3 Å². The Bertz CT molecular complexity index is 843. The van der Waals surface area contributed by atoms with Crippen molar-refractivity contribution < 1.29 is 19.4 Å². The quantitative estimate of drug-likeness (QED) is 0.0602. The van der Waals surface area contributed by atoms with E-state index in [9.17, 15) is 14.7 Å². The minimum Gasteiger partial charge on any atom is -0.488 e. The van der Waals surface area contributed by atoms with E-state index in [2.05, 4.69) is 36.6 Å². The third-order valence-corrected chi connectivity index (χ3v) is 7.76. The number of aliphatic hydroxyl groups is 1. The summed E-state index contributed by atoms with van der Waals surface area (Å²) in [5.41, 5.74) is 6.85. The summed E-state index contributed by atoms with van der Waals surface area (Å²) in [5.74, 6) is 0.948. The van der Waals surface area contributed by atoms with Gasteiger partial charge in [-0.15, -0.1) is 0 Å². The Morgan fingerprint density at radius 2 is 1.35 bits per heavy atom. The predicted octanol–water partition coefficient (Wildman–Crippen LogP) is 7.15. The SMILES string of the molecule is CCCCCCCC(=O)NCCNC(=O)CCCCCCCC=CCC(O)C(CCCCC)Oc1ccc(CCN)cc1. The second-order valence-electron chi connectivity index (χ2n) is 11.8. The number of hydrogen-bond acceptors (Lipinski definition) is 5. The lowest BCUT2D eigenvalue weighted by molar-refractivity contribution is -0.123. The summed E-state index contributed by atoms with van der Waals surface area (Å²) in [6.45, 7) is 6.00. The molecule has 0 aromatic heterocycles. The van der Waals surface area contributed by atoms with Crippen LogP contribution in [0.3, 0.4) is 0 Å². The van der Waals surface area contributed by atoms with Crippen molar-refractivity contribution >= 4 is 11.8 Å². The normalized spacial score (nSPS) is 12.7. The molecule has 7 nitrogen and oxygen atoms in total. The van der Waals surface area contributed by atoms with Crippen LogP contribution >= 0.6 is 0 Å². The molecule has 0 heterocycles. The summed E-state index contributed by atoms with van der Waals surface area (Å²) in [6, 6.07) is 8.06. The molecule has 0 aliphatic heterocycles. The van der Waals surface area contributed by atoms with Gasteiger partial charge in [0.05, 0.1) is 6.10 Å². The maximum atomic E-state index is 12.0. The number of hydrogen-bond donors (Lipinski definition) is 4. The smallest absolute Gasteiger partial charge is 0.220 e. The molecule has 0 fully saturated rings. The molecule has 2 amide bonds. The minimum atomic E-state index is -0.528. The summed E-state index contributed by atoms with van der Waals surface area (Å²) in [6.07, 6.45) is 22.3. The molecular formula is C36H63N3O4. The Balaban J connectivity index is 2.11. The lowest BCUT2D eigenvalue weighted by Gasteiger charge is -2.24. The van der Waals surface area contributed by atoms with Gasteiger partial charge in [-0.3, -0.25) is 9.59 Å². The maximum Gasteiger partial charge on any atom is 0.220 e. The van der Waals surface area contributed by atoms with E-state index in [1.54, 1.807) is 0 Å². The fourth-order valence-corrected chi connectivity index (χ4v) is 5.05. The largest absolute Gasteiger partial charge is 0.488 e. The number of unbranched alkanes of at least 4 members (excludes halogenated alkanes) is 11. The van der Waals surface area contributed by atoms with Crippen LogP contribution in [0.5, 0.6) is 5.75 Å². The van der Waals surface area contributed by atoms with Gasteiger partial charge in [0, 0.05) is 25.9 Å². The Labute approximate surface area is 262 Å². The number of benzene rings is 1. The fourth-order valence-electron chi connectivity index (χ4n) is 5.05. The maximum absolute atomic E-state index is 12.0. The third kappa shape index (κ3) is 21.9. The Morgan fingerprint density at radius 1 is 0.791 bits per heavy atom. The first kappa shape index (κ1) is 38.6. The molecule has 0 spiro atoms. The molecule has 0 aliphatic rings. The number of aliphatic hydroxyl groups excluding tert-OH is 1. The van der Waals surface area contributed by atoms with Gasteiger partial charge in [-0.25, -0.2) is 0 Å². The number of ether oxygens (including phenoxy) is 1. The van der Waals surface area contributed by atoms with E-state index >= 15 is 0 Å². The van der Waals surface area contributed by atoms with E-state index in [0.29, 0.717) is 38.9 Å². The molecule has 1 aromatic rings. The lowest BCUT2D eigenvalue weighted by Crippen LogP contribution is -2.34. The van der Waals surface area contributed by atoms with Crippen LogP contribution in [0.4, 0.5) is 0 Å². The zero-order valence-electron chi connectivity index (χ0n) is 27.4. The van der Waals surface area contributed by atoms with Crippen molar-refractivity contribution in [2.24, 2.45) is 5.73 Å². The molecule has 246 valence electrons.